The number of aryl methyl sites for hydroxylation is 1. The Morgan fingerprint density at radius 3 is 2.33 bits per heavy atom. The topological polar surface area (TPSA) is 46.6 Å². The van der Waals surface area contributed by atoms with Gasteiger partial charge in [-0.3, -0.25) is 9.69 Å². The van der Waals surface area contributed by atoms with Crippen molar-refractivity contribution in [2.75, 3.05) is 12.0 Å². The third kappa shape index (κ3) is 3.64. The van der Waals surface area contributed by atoms with Gasteiger partial charge in [-0.2, -0.15) is 0 Å². The van der Waals surface area contributed by atoms with Crippen LogP contribution >= 0.6 is 23.2 Å². The summed E-state index contributed by atoms with van der Waals surface area (Å²) in [5.74, 6) is -0.885. The van der Waals surface area contributed by atoms with Crippen molar-refractivity contribution in [3.05, 3.63) is 80.5 Å². The SMILES string of the molecule is COC(=O)C1=C(C)N(c2ccc(C)c(Cl)c2)C(=O)/C1=C\c1ccc(Cl)cc1. The minimum atomic E-state index is -0.568. The Bertz CT molecular complexity index is 991. The maximum atomic E-state index is 13.2. The van der Waals surface area contributed by atoms with Crippen LogP contribution in [0.2, 0.25) is 10.0 Å². The maximum Gasteiger partial charge on any atom is 0.340 e. The lowest BCUT2D eigenvalue weighted by atomic mass is 10.0. The average Bonchev–Trinajstić information content (AvgIpc) is 2.89. The molecule has 0 radical (unpaired) electrons. The number of nitrogens with zero attached hydrogens (tertiary/aromatic N) is 1. The van der Waals surface area contributed by atoms with E-state index >= 15 is 0 Å². The van der Waals surface area contributed by atoms with Gasteiger partial charge in [0.2, 0.25) is 0 Å². The van der Waals surface area contributed by atoms with E-state index in [-0.39, 0.29) is 17.1 Å². The van der Waals surface area contributed by atoms with E-state index in [0.717, 1.165) is 11.1 Å². The Hall–Kier alpha value is -2.56. The minimum absolute atomic E-state index is 0.231. The zero-order chi connectivity index (χ0) is 19.7. The summed E-state index contributed by atoms with van der Waals surface area (Å²) in [6, 6.07) is 12.3. The molecule has 2 aromatic rings. The van der Waals surface area contributed by atoms with Crippen LogP contribution < -0.4 is 4.90 Å². The Morgan fingerprint density at radius 1 is 1.07 bits per heavy atom. The molecule has 27 heavy (non-hydrogen) atoms. The van der Waals surface area contributed by atoms with Gasteiger partial charge in [-0.25, -0.2) is 4.79 Å². The molecule has 4 nitrogen and oxygen atoms in total. The number of anilines is 1. The number of hydrogen-bond acceptors (Lipinski definition) is 3. The number of methoxy groups -OCH3 is 1. The second-order valence-corrected chi connectivity index (χ2v) is 6.98. The molecule has 2 aromatic carbocycles. The number of esters is 1. The van der Waals surface area contributed by atoms with Gasteiger partial charge in [0, 0.05) is 15.7 Å². The summed E-state index contributed by atoms with van der Waals surface area (Å²) >= 11 is 12.1. The van der Waals surface area contributed by atoms with Gasteiger partial charge in [0.1, 0.15) is 0 Å². The summed E-state index contributed by atoms with van der Waals surface area (Å²) in [4.78, 5) is 27.0. The molecule has 0 N–H and O–H groups in total. The number of carbonyl (C=O) groups excluding carboxylic acids is 2. The lowest BCUT2D eigenvalue weighted by molar-refractivity contribution is -0.136. The molecular formula is C21H17Cl2NO3. The third-order valence-electron chi connectivity index (χ3n) is 4.38. The highest BCUT2D eigenvalue weighted by atomic mass is 35.5. The first-order valence-electron chi connectivity index (χ1n) is 8.21. The normalized spacial score (nSPS) is 15.7. The Labute approximate surface area is 167 Å². The molecule has 1 aliphatic rings. The molecule has 0 atom stereocenters. The first kappa shape index (κ1) is 19.2. The second-order valence-electron chi connectivity index (χ2n) is 6.14. The molecule has 1 heterocycles. The number of allylic oxidation sites excluding steroid dienone is 1. The summed E-state index contributed by atoms with van der Waals surface area (Å²) in [6.45, 7) is 3.59. The van der Waals surface area contributed by atoms with Gasteiger partial charge in [-0.05, 0) is 55.3 Å². The number of ether oxygens (including phenoxy) is 1. The number of benzene rings is 2. The van der Waals surface area contributed by atoms with E-state index in [1.54, 1.807) is 49.4 Å². The van der Waals surface area contributed by atoms with Gasteiger partial charge in [0.15, 0.2) is 0 Å². The number of amides is 1. The third-order valence-corrected chi connectivity index (χ3v) is 5.04. The second kappa shape index (κ2) is 7.59. The Balaban J connectivity index is 2.14. The summed E-state index contributed by atoms with van der Waals surface area (Å²) in [5.41, 5.74) is 3.23. The monoisotopic (exact) mass is 401 g/mol. The van der Waals surface area contributed by atoms with E-state index < -0.39 is 5.97 Å². The summed E-state index contributed by atoms with van der Waals surface area (Å²) in [7, 11) is 1.29. The zero-order valence-electron chi connectivity index (χ0n) is 15.0. The molecule has 0 bridgehead atoms. The van der Waals surface area contributed by atoms with Crippen LogP contribution in [-0.4, -0.2) is 19.0 Å². The zero-order valence-corrected chi connectivity index (χ0v) is 16.6. The predicted molar refractivity (Wildman–Crippen MR) is 108 cm³/mol. The van der Waals surface area contributed by atoms with Crippen LogP contribution in [0.5, 0.6) is 0 Å². The van der Waals surface area contributed by atoms with Crippen molar-refractivity contribution in [1.82, 2.24) is 0 Å². The van der Waals surface area contributed by atoms with Crippen LogP contribution in [0.25, 0.3) is 6.08 Å². The largest absolute Gasteiger partial charge is 0.465 e. The molecule has 0 spiro atoms. The molecule has 0 saturated heterocycles. The van der Waals surface area contributed by atoms with E-state index in [0.29, 0.717) is 21.4 Å². The highest BCUT2D eigenvalue weighted by Gasteiger charge is 2.38. The van der Waals surface area contributed by atoms with Gasteiger partial charge < -0.3 is 4.74 Å². The van der Waals surface area contributed by atoms with Gasteiger partial charge in [-0.1, -0.05) is 41.4 Å². The maximum absolute atomic E-state index is 13.2. The smallest absolute Gasteiger partial charge is 0.340 e. The number of halogens is 2. The lowest BCUT2D eigenvalue weighted by Gasteiger charge is -2.18. The highest BCUT2D eigenvalue weighted by Crippen LogP contribution is 2.36. The van der Waals surface area contributed by atoms with Crippen LogP contribution in [0.1, 0.15) is 18.1 Å². The van der Waals surface area contributed by atoms with Crippen molar-refractivity contribution in [1.29, 1.82) is 0 Å². The summed E-state index contributed by atoms with van der Waals surface area (Å²) < 4.78 is 4.90. The van der Waals surface area contributed by atoms with E-state index in [4.69, 9.17) is 27.9 Å². The van der Waals surface area contributed by atoms with Crippen molar-refractivity contribution in [2.24, 2.45) is 0 Å². The van der Waals surface area contributed by atoms with Crippen molar-refractivity contribution in [3.8, 4) is 0 Å². The number of rotatable bonds is 3. The minimum Gasteiger partial charge on any atom is -0.465 e. The van der Waals surface area contributed by atoms with Crippen molar-refractivity contribution in [2.45, 2.75) is 13.8 Å². The van der Waals surface area contributed by atoms with E-state index in [2.05, 4.69) is 0 Å². The highest BCUT2D eigenvalue weighted by molar-refractivity contribution is 6.32. The van der Waals surface area contributed by atoms with E-state index in [1.807, 2.05) is 13.0 Å². The first-order chi connectivity index (χ1) is 12.8. The predicted octanol–water partition coefficient (Wildman–Crippen LogP) is 5.18. The number of carbonyl (C=O) groups is 2. The summed E-state index contributed by atoms with van der Waals surface area (Å²) in [6.07, 6.45) is 1.66. The van der Waals surface area contributed by atoms with E-state index in [9.17, 15) is 9.59 Å². The standard InChI is InChI=1S/C21H17Cl2NO3/c1-12-4-9-16(11-18(12)23)24-13(2)19(21(26)27-3)17(20(24)25)10-14-5-7-15(22)8-6-14/h4-11H,1-3H3/b17-10-. The molecule has 0 aromatic heterocycles. The van der Waals surface area contributed by atoms with Crippen LogP contribution in [0.3, 0.4) is 0 Å². The van der Waals surface area contributed by atoms with Crippen LogP contribution in [0.4, 0.5) is 5.69 Å². The van der Waals surface area contributed by atoms with Gasteiger partial charge in [0.05, 0.1) is 23.9 Å². The lowest BCUT2D eigenvalue weighted by Crippen LogP contribution is -2.24. The quantitative estimate of drug-likeness (QED) is 0.525. The molecular weight excluding hydrogens is 385 g/mol. The average molecular weight is 402 g/mol. The fraction of sp³-hybridized carbons (Fsp3) is 0.143. The van der Waals surface area contributed by atoms with Gasteiger partial charge >= 0.3 is 5.97 Å². The Kier molecular flexibility index (Phi) is 5.40. The first-order valence-corrected chi connectivity index (χ1v) is 8.96. The van der Waals surface area contributed by atoms with Gasteiger partial charge in [0.25, 0.3) is 5.91 Å². The van der Waals surface area contributed by atoms with Crippen molar-refractivity contribution >= 4 is 46.8 Å². The van der Waals surface area contributed by atoms with Crippen LogP contribution in [0, 0.1) is 6.92 Å². The fourth-order valence-electron chi connectivity index (χ4n) is 2.94. The molecule has 1 amide bonds. The molecule has 3 rings (SSSR count). The molecule has 1 aliphatic heterocycles. The molecule has 0 aliphatic carbocycles. The number of hydrogen-bond donors (Lipinski definition) is 0. The van der Waals surface area contributed by atoms with E-state index in [1.165, 1.54) is 12.0 Å². The molecule has 6 heteroatoms. The van der Waals surface area contributed by atoms with Crippen LogP contribution in [0.15, 0.2) is 59.3 Å². The molecule has 138 valence electrons. The fourth-order valence-corrected chi connectivity index (χ4v) is 3.24. The van der Waals surface area contributed by atoms with Gasteiger partial charge in [-0.15, -0.1) is 0 Å². The van der Waals surface area contributed by atoms with Crippen molar-refractivity contribution in [3.63, 3.8) is 0 Å². The molecule has 0 fully saturated rings. The van der Waals surface area contributed by atoms with Crippen molar-refractivity contribution < 1.29 is 14.3 Å². The molecule has 0 unspecified atom stereocenters. The summed E-state index contributed by atoms with van der Waals surface area (Å²) in [5, 5.41) is 1.13. The Morgan fingerprint density at radius 2 is 1.74 bits per heavy atom. The van der Waals surface area contributed by atoms with Crippen LogP contribution in [-0.2, 0) is 14.3 Å². The molecule has 0 saturated carbocycles.